The Morgan fingerprint density at radius 3 is 2.48 bits per heavy atom. The maximum absolute atomic E-state index is 12.0. The van der Waals surface area contributed by atoms with Crippen LogP contribution in [0.2, 0.25) is 0 Å². The minimum atomic E-state index is 0.00516. The lowest BCUT2D eigenvalue weighted by atomic mass is 10.1. The molecule has 1 amide bonds. The zero-order valence-corrected chi connectivity index (χ0v) is 13.1. The van der Waals surface area contributed by atoms with Crippen LogP contribution in [-0.4, -0.2) is 11.7 Å². The van der Waals surface area contributed by atoms with Crippen LogP contribution >= 0.6 is 11.8 Å². The number of carbonyl (C=O) groups excluding carboxylic acids is 1. The van der Waals surface area contributed by atoms with Crippen LogP contribution in [0.1, 0.15) is 24.1 Å². The highest BCUT2D eigenvalue weighted by molar-refractivity contribution is 8.00. The minimum Gasteiger partial charge on any atom is -0.325 e. The third-order valence-electron chi connectivity index (χ3n) is 3.19. The molecule has 3 N–H and O–H groups in total. The van der Waals surface area contributed by atoms with Crippen molar-refractivity contribution in [1.29, 1.82) is 0 Å². The van der Waals surface area contributed by atoms with E-state index < -0.39 is 0 Å². The molecule has 110 valence electrons. The molecule has 2 rings (SSSR count). The summed E-state index contributed by atoms with van der Waals surface area (Å²) in [6.07, 6.45) is 0. The summed E-state index contributed by atoms with van der Waals surface area (Å²) in [4.78, 5) is 13.0. The molecule has 2 aromatic carbocycles. The van der Waals surface area contributed by atoms with Gasteiger partial charge in [0.15, 0.2) is 0 Å². The topological polar surface area (TPSA) is 55.1 Å². The van der Waals surface area contributed by atoms with Gasteiger partial charge in [-0.25, -0.2) is 0 Å². The van der Waals surface area contributed by atoms with Crippen LogP contribution in [-0.2, 0) is 4.79 Å². The van der Waals surface area contributed by atoms with E-state index >= 15 is 0 Å². The monoisotopic (exact) mass is 300 g/mol. The van der Waals surface area contributed by atoms with E-state index in [9.17, 15) is 4.79 Å². The highest BCUT2D eigenvalue weighted by Gasteiger charge is 2.06. The summed E-state index contributed by atoms with van der Waals surface area (Å²) in [5, 5.41) is 2.93. The first-order valence-corrected chi connectivity index (χ1v) is 7.88. The van der Waals surface area contributed by atoms with E-state index in [0.717, 1.165) is 21.7 Å². The van der Waals surface area contributed by atoms with Gasteiger partial charge in [-0.1, -0.05) is 30.3 Å². The average molecular weight is 300 g/mol. The first-order valence-electron chi connectivity index (χ1n) is 6.90. The molecule has 1 atom stereocenters. The number of rotatable bonds is 5. The second-order valence-electron chi connectivity index (χ2n) is 5.01. The Balaban J connectivity index is 1.88. The Bertz CT molecular complexity index is 608. The molecule has 0 aliphatic heterocycles. The van der Waals surface area contributed by atoms with Crippen LogP contribution in [0.5, 0.6) is 0 Å². The van der Waals surface area contributed by atoms with Crippen molar-refractivity contribution in [1.82, 2.24) is 0 Å². The van der Waals surface area contributed by atoms with E-state index in [1.807, 2.05) is 62.4 Å². The maximum Gasteiger partial charge on any atom is 0.234 e. The van der Waals surface area contributed by atoms with Gasteiger partial charge in [0.25, 0.3) is 0 Å². The SMILES string of the molecule is Cc1ccccc1NC(=O)CSc1ccc(C(C)N)cc1. The number of thioether (sulfide) groups is 1. The molecule has 0 saturated heterocycles. The summed E-state index contributed by atoms with van der Waals surface area (Å²) in [6, 6.07) is 15.8. The fourth-order valence-electron chi connectivity index (χ4n) is 1.92. The van der Waals surface area contributed by atoms with E-state index in [2.05, 4.69) is 5.32 Å². The zero-order valence-electron chi connectivity index (χ0n) is 12.3. The van der Waals surface area contributed by atoms with Crippen molar-refractivity contribution in [2.45, 2.75) is 24.8 Å². The fourth-order valence-corrected chi connectivity index (χ4v) is 2.61. The van der Waals surface area contributed by atoms with E-state index in [1.54, 1.807) is 0 Å². The van der Waals surface area contributed by atoms with Gasteiger partial charge in [0.2, 0.25) is 5.91 Å². The quantitative estimate of drug-likeness (QED) is 0.827. The third-order valence-corrected chi connectivity index (χ3v) is 4.21. The molecule has 0 radical (unpaired) electrons. The summed E-state index contributed by atoms with van der Waals surface area (Å²) in [6.45, 7) is 3.94. The highest BCUT2D eigenvalue weighted by atomic mass is 32.2. The van der Waals surface area contributed by atoms with Crippen LogP contribution in [0, 0.1) is 6.92 Å². The summed E-state index contributed by atoms with van der Waals surface area (Å²) >= 11 is 1.52. The van der Waals surface area contributed by atoms with Gasteiger partial charge in [0.05, 0.1) is 5.75 Å². The summed E-state index contributed by atoms with van der Waals surface area (Å²) in [5.74, 6) is 0.400. The van der Waals surface area contributed by atoms with Crippen molar-refractivity contribution < 1.29 is 4.79 Å². The number of aryl methyl sites for hydroxylation is 1. The summed E-state index contributed by atoms with van der Waals surface area (Å²) in [5.41, 5.74) is 8.85. The molecular weight excluding hydrogens is 280 g/mol. The lowest BCUT2D eigenvalue weighted by molar-refractivity contribution is -0.113. The standard InChI is InChI=1S/C17H20N2OS/c1-12-5-3-4-6-16(12)19-17(20)11-21-15-9-7-14(8-10-15)13(2)18/h3-10,13H,11,18H2,1-2H3,(H,19,20). The number of carbonyl (C=O) groups is 1. The van der Waals surface area contributed by atoms with Crippen LogP contribution in [0.25, 0.3) is 0 Å². The predicted molar refractivity (Wildman–Crippen MR) is 89.6 cm³/mol. The number of anilines is 1. The van der Waals surface area contributed by atoms with Gasteiger partial charge in [-0.3, -0.25) is 4.79 Å². The lowest BCUT2D eigenvalue weighted by Crippen LogP contribution is -2.14. The minimum absolute atomic E-state index is 0.00516. The Morgan fingerprint density at radius 2 is 1.86 bits per heavy atom. The Labute approximate surface area is 129 Å². The second-order valence-corrected chi connectivity index (χ2v) is 6.06. The lowest BCUT2D eigenvalue weighted by Gasteiger charge is -2.09. The number of amides is 1. The van der Waals surface area contributed by atoms with Crippen molar-refractivity contribution in [3.05, 3.63) is 59.7 Å². The van der Waals surface area contributed by atoms with Crippen LogP contribution in [0.4, 0.5) is 5.69 Å². The number of para-hydroxylation sites is 1. The van der Waals surface area contributed by atoms with Gasteiger partial charge in [-0.2, -0.15) is 0 Å². The molecular formula is C17H20N2OS. The van der Waals surface area contributed by atoms with E-state index in [1.165, 1.54) is 11.8 Å². The molecule has 0 heterocycles. The van der Waals surface area contributed by atoms with Crippen LogP contribution in [0.15, 0.2) is 53.4 Å². The van der Waals surface area contributed by atoms with Crippen LogP contribution in [0.3, 0.4) is 0 Å². The molecule has 2 aromatic rings. The number of nitrogens with one attached hydrogen (secondary N) is 1. The van der Waals surface area contributed by atoms with Crippen LogP contribution < -0.4 is 11.1 Å². The zero-order chi connectivity index (χ0) is 15.2. The van der Waals surface area contributed by atoms with Gasteiger partial charge < -0.3 is 11.1 Å². The van der Waals surface area contributed by atoms with Gasteiger partial charge in [-0.05, 0) is 43.2 Å². The average Bonchev–Trinajstić information content (AvgIpc) is 2.48. The molecule has 3 nitrogen and oxygen atoms in total. The molecule has 0 aliphatic carbocycles. The van der Waals surface area contributed by atoms with E-state index in [4.69, 9.17) is 5.73 Å². The van der Waals surface area contributed by atoms with Gasteiger partial charge in [0, 0.05) is 16.6 Å². The van der Waals surface area contributed by atoms with Gasteiger partial charge in [-0.15, -0.1) is 11.8 Å². The molecule has 0 bridgehead atoms. The Morgan fingerprint density at radius 1 is 1.19 bits per heavy atom. The number of hydrogen-bond acceptors (Lipinski definition) is 3. The molecule has 1 unspecified atom stereocenters. The maximum atomic E-state index is 12.0. The van der Waals surface area contributed by atoms with Crippen molar-refractivity contribution in [2.75, 3.05) is 11.1 Å². The molecule has 0 spiro atoms. The van der Waals surface area contributed by atoms with Gasteiger partial charge >= 0.3 is 0 Å². The van der Waals surface area contributed by atoms with Crippen molar-refractivity contribution in [3.8, 4) is 0 Å². The second kappa shape index (κ2) is 7.29. The number of hydrogen-bond donors (Lipinski definition) is 2. The Hall–Kier alpha value is -1.78. The molecule has 21 heavy (non-hydrogen) atoms. The van der Waals surface area contributed by atoms with Crippen molar-refractivity contribution in [3.63, 3.8) is 0 Å². The van der Waals surface area contributed by atoms with E-state index in [-0.39, 0.29) is 11.9 Å². The first-order chi connectivity index (χ1) is 10.1. The molecule has 4 heteroatoms. The molecule has 0 aliphatic rings. The van der Waals surface area contributed by atoms with Crippen molar-refractivity contribution in [2.24, 2.45) is 5.73 Å². The van der Waals surface area contributed by atoms with Gasteiger partial charge in [0.1, 0.15) is 0 Å². The summed E-state index contributed by atoms with van der Waals surface area (Å²) in [7, 11) is 0. The molecule has 0 fully saturated rings. The number of benzene rings is 2. The first kappa shape index (κ1) is 15.6. The largest absolute Gasteiger partial charge is 0.325 e. The molecule has 0 aromatic heterocycles. The normalized spacial score (nSPS) is 12.0. The predicted octanol–water partition coefficient (Wildman–Crippen LogP) is 3.75. The third kappa shape index (κ3) is 4.62. The molecule has 0 saturated carbocycles. The smallest absolute Gasteiger partial charge is 0.234 e. The number of nitrogens with two attached hydrogens (primary N) is 1. The fraction of sp³-hybridized carbons (Fsp3) is 0.235. The highest BCUT2D eigenvalue weighted by Crippen LogP contribution is 2.21. The van der Waals surface area contributed by atoms with Crippen molar-refractivity contribution >= 4 is 23.4 Å². The van der Waals surface area contributed by atoms with E-state index in [0.29, 0.717) is 5.75 Å². The summed E-state index contributed by atoms with van der Waals surface area (Å²) < 4.78 is 0. The Kier molecular flexibility index (Phi) is 5.42.